The van der Waals surface area contributed by atoms with Gasteiger partial charge in [0.15, 0.2) is 0 Å². The quantitative estimate of drug-likeness (QED) is 0.826. The van der Waals surface area contributed by atoms with Gasteiger partial charge in [0, 0.05) is 44.1 Å². The van der Waals surface area contributed by atoms with Gasteiger partial charge in [0.05, 0.1) is 24.3 Å². The van der Waals surface area contributed by atoms with Crippen molar-refractivity contribution in [2.45, 2.75) is 50.6 Å². The molecule has 2 aromatic rings. The van der Waals surface area contributed by atoms with Crippen molar-refractivity contribution in [3.05, 3.63) is 30.1 Å². The Morgan fingerprint density at radius 2 is 1.80 bits per heavy atom. The molecule has 160 valence electrons. The van der Waals surface area contributed by atoms with E-state index >= 15 is 0 Å². The average molecular weight is 409 g/mol. The molecular formula is C24H32N4O2. The number of amides is 1. The minimum Gasteiger partial charge on any atom is -0.379 e. The molecule has 3 heterocycles. The number of hydrogen-bond donors (Lipinski definition) is 1. The van der Waals surface area contributed by atoms with Gasteiger partial charge in [-0.25, -0.2) is 0 Å². The predicted molar refractivity (Wildman–Crippen MR) is 115 cm³/mol. The van der Waals surface area contributed by atoms with E-state index in [1.54, 1.807) is 6.20 Å². The van der Waals surface area contributed by atoms with Gasteiger partial charge in [-0.15, -0.1) is 0 Å². The maximum Gasteiger partial charge on any atom is 0.255 e. The highest BCUT2D eigenvalue weighted by molar-refractivity contribution is 6.05. The summed E-state index contributed by atoms with van der Waals surface area (Å²) < 4.78 is 7.68. The van der Waals surface area contributed by atoms with Gasteiger partial charge in [0.1, 0.15) is 5.52 Å². The number of morpholine rings is 1. The maximum absolute atomic E-state index is 13.5. The lowest BCUT2D eigenvalue weighted by molar-refractivity contribution is -0.0166. The molecule has 4 bridgehead atoms. The SMILES string of the molecule is O=C(NC12CC3CC(CC(C3)C1)C2)c1cn(CCN2CCOCC2)c2cccnc12. The fourth-order valence-electron chi connectivity index (χ4n) is 7.12. The lowest BCUT2D eigenvalue weighted by Gasteiger charge is -2.56. The number of carbonyl (C=O) groups excluding carboxylic acids is 1. The first-order valence-electron chi connectivity index (χ1n) is 11.7. The Morgan fingerprint density at radius 3 is 2.50 bits per heavy atom. The van der Waals surface area contributed by atoms with E-state index in [2.05, 4.69) is 25.8 Å². The van der Waals surface area contributed by atoms with Crippen LogP contribution in [0.1, 0.15) is 48.9 Å². The standard InChI is InChI=1S/C24H32N4O2/c29-23(26-24-13-17-10-18(14-24)12-19(11-17)15-24)20-16-28(21-2-1-3-25-22(20)21)5-4-27-6-8-30-9-7-27/h1-3,16-19H,4-15H2,(H,26,29). The molecule has 0 unspecified atom stereocenters. The molecule has 2 aromatic heterocycles. The van der Waals surface area contributed by atoms with Gasteiger partial charge in [-0.3, -0.25) is 14.7 Å². The summed E-state index contributed by atoms with van der Waals surface area (Å²) in [5.74, 6) is 2.55. The summed E-state index contributed by atoms with van der Waals surface area (Å²) in [6.07, 6.45) is 11.5. The molecule has 0 radical (unpaired) electrons. The number of pyridine rings is 1. The molecular weight excluding hydrogens is 376 g/mol. The lowest BCUT2D eigenvalue weighted by atomic mass is 9.53. The summed E-state index contributed by atoms with van der Waals surface area (Å²) >= 11 is 0. The highest BCUT2D eigenvalue weighted by atomic mass is 16.5. The molecule has 1 N–H and O–H groups in total. The van der Waals surface area contributed by atoms with Crippen molar-refractivity contribution in [1.29, 1.82) is 0 Å². The summed E-state index contributed by atoms with van der Waals surface area (Å²) in [5, 5.41) is 3.53. The number of aromatic nitrogens is 2. The Kier molecular flexibility index (Phi) is 4.61. The number of ether oxygens (including phenoxy) is 1. The summed E-state index contributed by atoms with van der Waals surface area (Å²) in [6.45, 7) is 5.43. The normalized spacial score (nSPS) is 33.3. The molecule has 5 fully saturated rings. The predicted octanol–water partition coefficient (Wildman–Crippen LogP) is 3.07. The molecule has 1 aliphatic heterocycles. The van der Waals surface area contributed by atoms with Gasteiger partial charge in [-0.2, -0.15) is 0 Å². The van der Waals surface area contributed by atoms with Crippen LogP contribution >= 0.6 is 0 Å². The van der Waals surface area contributed by atoms with Crippen LogP contribution < -0.4 is 5.32 Å². The van der Waals surface area contributed by atoms with Gasteiger partial charge in [-0.05, 0) is 68.4 Å². The summed E-state index contributed by atoms with van der Waals surface area (Å²) in [4.78, 5) is 20.5. The molecule has 4 saturated carbocycles. The fourth-order valence-corrected chi connectivity index (χ4v) is 7.12. The van der Waals surface area contributed by atoms with Crippen molar-refractivity contribution < 1.29 is 9.53 Å². The molecule has 5 aliphatic rings. The molecule has 0 aromatic carbocycles. The van der Waals surface area contributed by atoms with Crippen LogP contribution in [0.15, 0.2) is 24.5 Å². The summed E-state index contributed by atoms with van der Waals surface area (Å²) in [6, 6.07) is 4.05. The number of nitrogens with zero attached hydrogens (tertiary/aromatic N) is 3. The third-order valence-corrected chi connectivity index (χ3v) is 8.06. The number of hydrogen-bond acceptors (Lipinski definition) is 4. The molecule has 7 rings (SSSR count). The molecule has 0 spiro atoms. The highest BCUT2D eigenvalue weighted by Crippen LogP contribution is 2.55. The zero-order valence-electron chi connectivity index (χ0n) is 17.7. The minimum absolute atomic E-state index is 0.0306. The Morgan fingerprint density at radius 1 is 1.10 bits per heavy atom. The second kappa shape index (κ2) is 7.34. The molecule has 1 saturated heterocycles. The summed E-state index contributed by atoms with van der Waals surface area (Å²) in [7, 11) is 0. The smallest absolute Gasteiger partial charge is 0.255 e. The molecule has 6 nitrogen and oxygen atoms in total. The van der Waals surface area contributed by atoms with Crippen LogP contribution in [0.4, 0.5) is 0 Å². The van der Waals surface area contributed by atoms with Crippen molar-refractivity contribution in [1.82, 2.24) is 19.8 Å². The van der Waals surface area contributed by atoms with E-state index in [1.165, 1.54) is 38.5 Å². The van der Waals surface area contributed by atoms with Crippen LogP contribution in [0.2, 0.25) is 0 Å². The van der Waals surface area contributed by atoms with E-state index in [0.717, 1.165) is 73.7 Å². The van der Waals surface area contributed by atoms with E-state index in [-0.39, 0.29) is 11.4 Å². The molecule has 0 atom stereocenters. The van der Waals surface area contributed by atoms with Crippen LogP contribution in [-0.4, -0.2) is 58.7 Å². The van der Waals surface area contributed by atoms with E-state index in [1.807, 2.05) is 12.3 Å². The Labute approximate surface area is 178 Å². The van der Waals surface area contributed by atoms with Crippen molar-refractivity contribution >= 4 is 16.9 Å². The van der Waals surface area contributed by atoms with Gasteiger partial charge in [-0.1, -0.05) is 0 Å². The van der Waals surface area contributed by atoms with Crippen molar-refractivity contribution in [3.63, 3.8) is 0 Å². The van der Waals surface area contributed by atoms with E-state index in [0.29, 0.717) is 0 Å². The van der Waals surface area contributed by atoms with Crippen molar-refractivity contribution in [3.8, 4) is 0 Å². The van der Waals surface area contributed by atoms with Gasteiger partial charge in [0.2, 0.25) is 0 Å². The first-order valence-corrected chi connectivity index (χ1v) is 11.7. The van der Waals surface area contributed by atoms with E-state index < -0.39 is 0 Å². The second-order valence-corrected chi connectivity index (χ2v) is 10.2. The van der Waals surface area contributed by atoms with Crippen LogP contribution in [0.3, 0.4) is 0 Å². The summed E-state index contributed by atoms with van der Waals surface area (Å²) in [5.41, 5.74) is 2.66. The molecule has 4 aliphatic carbocycles. The number of rotatable bonds is 5. The van der Waals surface area contributed by atoms with E-state index in [4.69, 9.17) is 4.74 Å². The zero-order chi connectivity index (χ0) is 20.1. The van der Waals surface area contributed by atoms with Gasteiger partial charge >= 0.3 is 0 Å². The van der Waals surface area contributed by atoms with Gasteiger partial charge < -0.3 is 14.6 Å². The molecule has 6 heteroatoms. The number of nitrogens with one attached hydrogen (secondary N) is 1. The van der Waals surface area contributed by atoms with E-state index in [9.17, 15) is 4.79 Å². The average Bonchev–Trinajstić information content (AvgIpc) is 3.11. The van der Waals surface area contributed by atoms with Crippen LogP contribution in [0.25, 0.3) is 11.0 Å². The maximum atomic E-state index is 13.5. The fraction of sp³-hybridized carbons (Fsp3) is 0.667. The monoisotopic (exact) mass is 408 g/mol. The highest BCUT2D eigenvalue weighted by Gasteiger charge is 2.51. The zero-order valence-corrected chi connectivity index (χ0v) is 17.7. The van der Waals surface area contributed by atoms with Crippen LogP contribution in [0, 0.1) is 17.8 Å². The third-order valence-electron chi connectivity index (χ3n) is 8.06. The topological polar surface area (TPSA) is 59.4 Å². The lowest BCUT2D eigenvalue weighted by Crippen LogP contribution is -2.59. The third kappa shape index (κ3) is 3.34. The Bertz CT molecular complexity index is 911. The molecule has 30 heavy (non-hydrogen) atoms. The van der Waals surface area contributed by atoms with Crippen molar-refractivity contribution in [2.75, 3.05) is 32.8 Å². The minimum atomic E-state index is 0.0306. The van der Waals surface area contributed by atoms with Crippen LogP contribution in [-0.2, 0) is 11.3 Å². The number of carbonyl (C=O) groups is 1. The first-order chi connectivity index (χ1) is 14.7. The number of fused-ring (bicyclic) bond motifs is 1. The first kappa shape index (κ1) is 18.8. The second-order valence-electron chi connectivity index (χ2n) is 10.2. The Hall–Kier alpha value is -1.92. The van der Waals surface area contributed by atoms with Gasteiger partial charge in [0.25, 0.3) is 5.91 Å². The van der Waals surface area contributed by atoms with Crippen molar-refractivity contribution in [2.24, 2.45) is 17.8 Å². The van der Waals surface area contributed by atoms with Crippen LogP contribution in [0.5, 0.6) is 0 Å². The Balaban J connectivity index is 1.23. The largest absolute Gasteiger partial charge is 0.379 e. The molecule has 1 amide bonds.